The first-order valence-electron chi connectivity index (χ1n) is 13.3. The third-order valence-corrected chi connectivity index (χ3v) is 8.09. The number of carbonyl (C=O) groups excluding carboxylic acids is 2. The molecule has 39 heavy (non-hydrogen) atoms. The Kier molecular flexibility index (Phi) is 8.71. The number of pyridine rings is 1. The highest BCUT2D eigenvalue weighted by molar-refractivity contribution is 14.1. The largest absolute Gasteiger partial charge is 0.496 e. The van der Waals surface area contributed by atoms with Crippen LogP contribution < -0.4 is 25.4 Å². The summed E-state index contributed by atoms with van der Waals surface area (Å²) in [4.78, 5) is 32.2. The minimum Gasteiger partial charge on any atom is -0.496 e. The van der Waals surface area contributed by atoms with Gasteiger partial charge in [0.05, 0.1) is 18.2 Å². The van der Waals surface area contributed by atoms with E-state index in [0.717, 1.165) is 50.0 Å². The predicted octanol–water partition coefficient (Wildman–Crippen LogP) is 5.33. The molecular weight excluding hydrogens is 609 g/mol. The molecule has 1 aliphatic heterocycles. The second kappa shape index (κ2) is 12.4. The number of anilines is 1. The molecule has 0 atom stereocenters. The number of amides is 3. The van der Waals surface area contributed by atoms with Gasteiger partial charge in [0, 0.05) is 40.4 Å². The number of hydrogen-bond acceptors (Lipinski definition) is 6. The van der Waals surface area contributed by atoms with Crippen LogP contribution in [0.2, 0.25) is 0 Å². The monoisotopic (exact) mass is 643 g/mol. The van der Waals surface area contributed by atoms with Gasteiger partial charge in [-0.3, -0.25) is 9.78 Å². The van der Waals surface area contributed by atoms with E-state index in [2.05, 4.69) is 55.5 Å². The number of nitrogens with one attached hydrogen (secondary N) is 3. The highest BCUT2D eigenvalue weighted by Gasteiger charge is 2.24. The number of fused-ring (bicyclic) bond motifs is 1. The molecule has 1 aliphatic carbocycles. The van der Waals surface area contributed by atoms with Crippen LogP contribution in [0, 0.1) is 5.92 Å². The van der Waals surface area contributed by atoms with Crippen molar-refractivity contribution in [1.82, 2.24) is 20.5 Å². The fourth-order valence-corrected chi connectivity index (χ4v) is 5.38. The number of likely N-dealkylation sites (tertiary alicyclic amines) is 1. The zero-order chi connectivity index (χ0) is 27.4. The zero-order valence-electron chi connectivity index (χ0n) is 22.3. The van der Waals surface area contributed by atoms with Gasteiger partial charge in [-0.05, 0) is 87.6 Å². The molecule has 2 heterocycles. The van der Waals surface area contributed by atoms with Crippen LogP contribution in [0.1, 0.15) is 41.6 Å². The molecule has 3 aromatic rings. The Balaban J connectivity index is 1.35. The van der Waals surface area contributed by atoms with Gasteiger partial charge >= 0.3 is 6.03 Å². The minimum absolute atomic E-state index is 0.172. The maximum absolute atomic E-state index is 13.2. The molecular formula is C29H34IN5O4. The normalized spacial score (nSPS) is 16.1. The van der Waals surface area contributed by atoms with Gasteiger partial charge < -0.3 is 30.3 Å². The SMILES string of the molecule is COc1cc2nccc(Oc3ccc(NC(=O)NC4CC4)c(CI)c3)c2cc1C(=O)NCC1CCN(C)CC1. The summed E-state index contributed by atoms with van der Waals surface area (Å²) in [7, 11) is 3.69. The molecule has 1 saturated carbocycles. The van der Waals surface area contributed by atoms with Crippen molar-refractivity contribution in [3.8, 4) is 17.2 Å². The Morgan fingerprint density at radius 1 is 1.08 bits per heavy atom. The van der Waals surface area contributed by atoms with Crippen LogP contribution in [0.3, 0.4) is 0 Å². The van der Waals surface area contributed by atoms with Crippen molar-refractivity contribution in [2.45, 2.75) is 36.2 Å². The smallest absolute Gasteiger partial charge is 0.319 e. The topological polar surface area (TPSA) is 105 Å². The number of nitrogens with zero attached hydrogens (tertiary/aromatic N) is 2. The molecule has 9 nitrogen and oxygen atoms in total. The number of halogens is 1. The van der Waals surface area contributed by atoms with Crippen molar-refractivity contribution >= 4 is 51.1 Å². The Morgan fingerprint density at radius 3 is 2.59 bits per heavy atom. The first kappa shape index (κ1) is 27.4. The molecule has 3 N–H and O–H groups in total. The van der Waals surface area contributed by atoms with E-state index in [0.29, 0.717) is 50.6 Å². The minimum atomic E-state index is -0.187. The summed E-state index contributed by atoms with van der Waals surface area (Å²) in [5, 5.41) is 9.71. The first-order chi connectivity index (χ1) is 18.9. The Bertz CT molecular complexity index is 1360. The molecule has 1 aromatic heterocycles. The van der Waals surface area contributed by atoms with Gasteiger partial charge in [-0.25, -0.2) is 4.79 Å². The number of benzene rings is 2. The fraction of sp³-hybridized carbons (Fsp3) is 0.414. The second-order valence-electron chi connectivity index (χ2n) is 10.3. The van der Waals surface area contributed by atoms with E-state index in [-0.39, 0.29) is 18.0 Å². The van der Waals surface area contributed by atoms with Gasteiger partial charge in [0.1, 0.15) is 17.2 Å². The zero-order valence-corrected chi connectivity index (χ0v) is 24.4. The lowest BCUT2D eigenvalue weighted by Crippen LogP contribution is -2.37. The Morgan fingerprint density at radius 2 is 1.87 bits per heavy atom. The molecule has 3 amide bonds. The molecule has 206 valence electrons. The molecule has 2 aromatic carbocycles. The Labute approximate surface area is 242 Å². The average Bonchev–Trinajstić information content (AvgIpc) is 3.76. The summed E-state index contributed by atoms with van der Waals surface area (Å²) in [5.41, 5.74) is 2.82. The van der Waals surface area contributed by atoms with Crippen LogP contribution in [0.15, 0.2) is 42.6 Å². The molecule has 2 fully saturated rings. The second-order valence-corrected chi connectivity index (χ2v) is 11.0. The van der Waals surface area contributed by atoms with E-state index in [1.54, 1.807) is 31.5 Å². The van der Waals surface area contributed by atoms with Crippen molar-refractivity contribution in [2.24, 2.45) is 5.92 Å². The van der Waals surface area contributed by atoms with Crippen LogP contribution in [0.5, 0.6) is 17.2 Å². The lowest BCUT2D eigenvalue weighted by Gasteiger charge is -2.29. The lowest BCUT2D eigenvalue weighted by molar-refractivity contribution is 0.0936. The number of hydrogen-bond donors (Lipinski definition) is 3. The number of carbonyl (C=O) groups is 2. The number of ether oxygens (including phenoxy) is 2. The van der Waals surface area contributed by atoms with Gasteiger partial charge in [0.2, 0.25) is 0 Å². The van der Waals surface area contributed by atoms with Crippen molar-refractivity contribution in [1.29, 1.82) is 0 Å². The lowest BCUT2D eigenvalue weighted by atomic mass is 9.97. The predicted molar refractivity (Wildman–Crippen MR) is 160 cm³/mol. The summed E-state index contributed by atoms with van der Waals surface area (Å²) < 4.78 is 12.5. The maximum atomic E-state index is 13.2. The van der Waals surface area contributed by atoms with Crippen LogP contribution in [0.4, 0.5) is 10.5 Å². The molecule has 0 unspecified atom stereocenters. The maximum Gasteiger partial charge on any atom is 0.319 e. The number of urea groups is 1. The van der Waals surface area contributed by atoms with E-state index >= 15 is 0 Å². The molecule has 0 bridgehead atoms. The summed E-state index contributed by atoms with van der Waals surface area (Å²) in [6.07, 6.45) is 5.90. The number of piperidine rings is 1. The number of aromatic nitrogens is 1. The first-order valence-corrected chi connectivity index (χ1v) is 14.8. The summed E-state index contributed by atoms with van der Waals surface area (Å²) in [5.74, 6) is 1.99. The summed E-state index contributed by atoms with van der Waals surface area (Å²) in [6.45, 7) is 2.74. The van der Waals surface area contributed by atoms with Crippen molar-refractivity contribution in [2.75, 3.05) is 39.1 Å². The third-order valence-electron chi connectivity index (χ3n) is 7.27. The Hall–Kier alpha value is -3.12. The van der Waals surface area contributed by atoms with E-state index in [9.17, 15) is 9.59 Å². The molecule has 1 saturated heterocycles. The highest BCUT2D eigenvalue weighted by atomic mass is 127. The molecule has 5 rings (SSSR count). The van der Waals surface area contributed by atoms with Gasteiger partial charge in [-0.2, -0.15) is 0 Å². The van der Waals surface area contributed by atoms with Crippen LogP contribution in [-0.2, 0) is 4.43 Å². The van der Waals surface area contributed by atoms with E-state index in [4.69, 9.17) is 9.47 Å². The molecule has 2 aliphatic rings. The van der Waals surface area contributed by atoms with E-state index in [1.165, 1.54) is 0 Å². The van der Waals surface area contributed by atoms with Crippen LogP contribution in [-0.4, -0.2) is 61.7 Å². The standard InChI is InChI=1S/C29H34IN5O4/c1-35-11-8-18(9-12-35)17-32-28(36)23-14-22-25(15-27(23)38-2)31-10-7-26(22)39-21-5-6-24(19(13-21)16-30)34-29(37)33-20-3-4-20/h5-7,10,13-15,18,20H,3-4,8-9,11-12,16-17H2,1-2H3,(H,32,36)(H2,33,34,37). The van der Waals surface area contributed by atoms with E-state index < -0.39 is 0 Å². The molecule has 10 heteroatoms. The van der Waals surface area contributed by atoms with Crippen molar-refractivity contribution in [3.05, 3.63) is 53.7 Å². The quantitative estimate of drug-likeness (QED) is 0.215. The third kappa shape index (κ3) is 6.91. The van der Waals surface area contributed by atoms with Crippen LogP contribution in [0.25, 0.3) is 10.9 Å². The van der Waals surface area contributed by atoms with Crippen molar-refractivity contribution in [3.63, 3.8) is 0 Å². The molecule has 0 spiro atoms. The van der Waals surface area contributed by atoms with Gasteiger partial charge in [0.15, 0.2) is 0 Å². The van der Waals surface area contributed by atoms with Crippen molar-refractivity contribution < 1.29 is 19.1 Å². The summed E-state index contributed by atoms with van der Waals surface area (Å²) >= 11 is 2.27. The highest BCUT2D eigenvalue weighted by Crippen LogP contribution is 2.35. The van der Waals surface area contributed by atoms with Gasteiger partial charge in [0.25, 0.3) is 5.91 Å². The fourth-order valence-electron chi connectivity index (χ4n) is 4.75. The average molecular weight is 644 g/mol. The van der Waals surface area contributed by atoms with Crippen LogP contribution >= 0.6 is 22.6 Å². The van der Waals surface area contributed by atoms with Gasteiger partial charge in [-0.1, -0.05) is 22.6 Å². The van der Waals surface area contributed by atoms with E-state index in [1.807, 2.05) is 18.2 Å². The summed E-state index contributed by atoms with van der Waals surface area (Å²) in [6, 6.07) is 11.0. The number of alkyl halides is 1. The van der Waals surface area contributed by atoms with Gasteiger partial charge in [-0.15, -0.1) is 0 Å². The number of methoxy groups -OCH3 is 1. The molecule has 0 radical (unpaired) electrons. The number of rotatable bonds is 9.